The average Bonchev–Trinajstić information content (AvgIpc) is 2.77. The third kappa shape index (κ3) is 10.1. The van der Waals surface area contributed by atoms with Crippen molar-refractivity contribution in [3.8, 4) is 0 Å². The maximum Gasteiger partial charge on any atom is 0.326 e. The van der Waals surface area contributed by atoms with Crippen LogP contribution >= 0.6 is 0 Å². The number of benzene rings is 1. The lowest BCUT2D eigenvalue weighted by atomic mass is 10.0. The monoisotopic (exact) mass is 494 g/mol. The molecule has 0 aliphatic heterocycles. The molecule has 0 fully saturated rings. The second kappa shape index (κ2) is 14.0. The Balaban J connectivity index is 2.87. The molecule has 0 saturated heterocycles. The van der Waals surface area contributed by atoms with Gasteiger partial charge < -0.3 is 37.0 Å². The average molecular weight is 495 g/mol. The molecular formula is C23H34N4O8. The van der Waals surface area contributed by atoms with E-state index >= 15 is 0 Å². The number of carboxylic acids is 2. The van der Waals surface area contributed by atoms with E-state index in [1.807, 2.05) is 30.3 Å². The van der Waals surface area contributed by atoms with Gasteiger partial charge in [-0.15, -0.1) is 0 Å². The highest BCUT2D eigenvalue weighted by Crippen LogP contribution is 2.07. The van der Waals surface area contributed by atoms with Gasteiger partial charge in [-0.2, -0.15) is 0 Å². The number of aliphatic hydroxyl groups is 1. The van der Waals surface area contributed by atoms with Gasteiger partial charge in [0.1, 0.15) is 18.1 Å². The van der Waals surface area contributed by atoms with Gasteiger partial charge in [-0.1, -0.05) is 44.2 Å². The fourth-order valence-electron chi connectivity index (χ4n) is 3.19. The molecule has 1 aromatic rings. The number of amides is 3. The lowest BCUT2D eigenvalue weighted by molar-refractivity contribution is -0.144. The molecule has 3 amide bonds. The molecule has 0 bridgehead atoms. The van der Waals surface area contributed by atoms with E-state index in [4.69, 9.17) is 10.8 Å². The summed E-state index contributed by atoms with van der Waals surface area (Å²) in [5.74, 6) is -5.50. The Morgan fingerprint density at radius 1 is 0.857 bits per heavy atom. The number of nitrogens with one attached hydrogen (secondary N) is 3. The van der Waals surface area contributed by atoms with E-state index in [0.717, 1.165) is 5.56 Å². The van der Waals surface area contributed by atoms with Gasteiger partial charge in [0.2, 0.25) is 17.7 Å². The van der Waals surface area contributed by atoms with Gasteiger partial charge in [-0.25, -0.2) is 4.79 Å². The minimum absolute atomic E-state index is 0.241. The van der Waals surface area contributed by atoms with Gasteiger partial charge in [0.25, 0.3) is 0 Å². The predicted octanol–water partition coefficient (Wildman–Crippen LogP) is -1.00. The fourth-order valence-corrected chi connectivity index (χ4v) is 3.19. The van der Waals surface area contributed by atoms with Crippen molar-refractivity contribution in [3.63, 3.8) is 0 Å². The molecule has 35 heavy (non-hydrogen) atoms. The summed E-state index contributed by atoms with van der Waals surface area (Å²) in [6, 6.07) is 3.95. The summed E-state index contributed by atoms with van der Waals surface area (Å²) in [5.41, 5.74) is 6.82. The Labute approximate surface area is 203 Å². The van der Waals surface area contributed by atoms with E-state index in [9.17, 15) is 34.2 Å². The summed E-state index contributed by atoms with van der Waals surface area (Å²) >= 11 is 0. The molecular weight excluding hydrogens is 460 g/mol. The Kier molecular flexibility index (Phi) is 11.8. The van der Waals surface area contributed by atoms with E-state index in [1.54, 1.807) is 13.8 Å². The van der Waals surface area contributed by atoms with Crippen molar-refractivity contribution in [1.29, 1.82) is 0 Å². The van der Waals surface area contributed by atoms with Gasteiger partial charge in [-0.3, -0.25) is 19.2 Å². The van der Waals surface area contributed by atoms with Crippen molar-refractivity contribution in [2.45, 2.75) is 70.3 Å². The zero-order valence-electron chi connectivity index (χ0n) is 19.9. The fraction of sp³-hybridized carbons (Fsp3) is 0.522. The second-order valence-corrected chi connectivity index (χ2v) is 8.59. The molecule has 5 atom stereocenters. The van der Waals surface area contributed by atoms with Crippen LogP contribution < -0.4 is 21.7 Å². The van der Waals surface area contributed by atoms with Crippen LogP contribution in [-0.4, -0.2) is 75.3 Å². The number of carbonyl (C=O) groups excluding carboxylic acids is 3. The molecule has 12 heteroatoms. The summed E-state index contributed by atoms with van der Waals surface area (Å²) in [5, 5.41) is 35.1. The molecule has 0 spiro atoms. The van der Waals surface area contributed by atoms with Crippen LogP contribution in [0.2, 0.25) is 0 Å². The quantitative estimate of drug-likeness (QED) is 0.169. The molecule has 5 unspecified atom stereocenters. The van der Waals surface area contributed by atoms with Crippen molar-refractivity contribution in [1.82, 2.24) is 16.0 Å². The first-order chi connectivity index (χ1) is 16.3. The lowest BCUT2D eigenvalue weighted by Gasteiger charge is -2.28. The van der Waals surface area contributed by atoms with Crippen molar-refractivity contribution < 1.29 is 39.3 Å². The van der Waals surface area contributed by atoms with Crippen LogP contribution in [0.4, 0.5) is 0 Å². The molecule has 1 aromatic carbocycles. The molecule has 194 valence electrons. The van der Waals surface area contributed by atoms with Crippen molar-refractivity contribution >= 4 is 29.7 Å². The number of hydrogen-bond acceptors (Lipinski definition) is 7. The van der Waals surface area contributed by atoms with Crippen LogP contribution in [0.5, 0.6) is 0 Å². The number of carboxylic acid groups (broad SMARTS) is 2. The summed E-state index contributed by atoms with van der Waals surface area (Å²) in [7, 11) is 0. The number of nitrogens with two attached hydrogens (primary N) is 1. The Morgan fingerprint density at radius 3 is 1.89 bits per heavy atom. The highest BCUT2D eigenvalue weighted by atomic mass is 16.4. The third-order valence-electron chi connectivity index (χ3n) is 5.21. The molecule has 1 rings (SSSR count). The highest BCUT2D eigenvalue weighted by Gasteiger charge is 2.33. The molecule has 0 aliphatic carbocycles. The molecule has 0 aliphatic rings. The van der Waals surface area contributed by atoms with Crippen LogP contribution in [0.25, 0.3) is 0 Å². The van der Waals surface area contributed by atoms with Gasteiger partial charge in [0.05, 0.1) is 12.1 Å². The Bertz CT molecular complexity index is 891. The van der Waals surface area contributed by atoms with Crippen LogP contribution in [0.15, 0.2) is 30.3 Å². The van der Waals surface area contributed by atoms with Crippen LogP contribution in [0.3, 0.4) is 0 Å². The third-order valence-corrected chi connectivity index (χ3v) is 5.21. The van der Waals surface area contributed by atoms with E-state index in [1.165, 1.54) is 6.92 Å². The smallest absolute Gasteiger partial charge is 0.326 e. The first-order valence-electron chi connectivity index (χ1n) is 11.2. The number of aliphatic carboxylic acids is 2. The summed E-state index contributed by atoms with van der Waals surface area (Å²) in [6.45, 7) is 4.55. The first kappa shape index (κ1) is 29.5. The minimum atomic E-state index is -1.55. The zero-order valence-corrected chi connectivity index (χ0v) is 19.9. The van der Waals surface area contributed by atoms with Gasteiger partial charge in [0, 0.05) is 6.42 Å². The maximum atomic E-state index is 12.9. The SMILES string of the molecule is CC(C)C(NC(=O)C(N)Cc1ccccc1)C(=O)NC(C(=O)NC(CCC(=O)O)C(=O)O)C(C)O. The van der Waals surface area contributed by atoms with Crippen LogP contribution in [0.1, 0.15) is 39.2 Å². The van der Waals surface area contributed by atoms with Crippen molar-refractivity contribution in [2.24, 2.45) is 11.7 Å². The molecule has 0 radical (unpaired) electrons. The maximum absolute atomic E-state index is 12.9. The predicted molar refractivity (Wildman–Crippen MR) is 125 cm³/mol. The zero-order chi connectivity index (χ0) is 26.7. The summed E-state index contributed by atoms with van der Waals surface area (Å²) in [6.07, 6.45) is -2.07. The largest absolute Gasteiger partial charge is 0.481 e. The molecule has 0 heterocycles. The lowest BCUT2D eigenvalue weighted by Crippen LogP contribution is -2.60. The van der Waals surface area contributed by atoms with E-state index in [-0.39, 0.29) is 12.8 Å². The highest BCUT2D eigenvalue weighted by molar-refractivity contribution is 5.94. The van der Waals surface area contributed by atoms with Gasteiger partial charge >= 0.3 is 11.9 Å². The van der Waals surface area contributed by atoms with E-state index in [2.05, 4.69) is 16.0 Å². The van der Waals surface area contributed by atoms with E-state index < -0.39 is 72.3 Å². The molecule has 0 aromatic heterocycles. The molecule has 12 nitrogen and oxygen atoms in total. The van der Waals surface area contributed by atoms with Gasteiger partial charge in [-0.05, 0) is 31.2 Å². The molecule has 8 N–H and O–H groups in total. The second-order valence-electron chi connectivity index (χ2n) is 8.59. The molecule has 0 saturated carbocycles. The van der Waals surface area contributed by atoms with Crippen LogP contribution in [-0.2, 0) is 30.4 Å². The Hall–Kier alpha value is -3.51. The number of hydrogen-bond donors (Lipinski definition) is 7. The van der Waals surface area contributed by atoms with E-state index in [0.29, 0.717) is 0 Å². The first-order valence-corrected chi connectivity index (χ1v) is 11.2. The van der Waals surface area contributed by atoms with Crippen molar-refractivity contribution in [2.75, 3.05) is 0 Å². The normalized spacial score (nSPS) is 15.3. The number of carbonyl (C=O) groups is 5. The summed E-state index contributed by atoms with van der Waals surface area (Å²) < 4.78 is 0. The number of rotatable bonds is 14. The minimum Gasteiger partial charge on any atom is -0.481 e. The summed E-state index contributed by atoms with van der Waals surface area (Å²) in [4.78, 5) is 60.2. The Morgan fingerprint density at radius 2 is 1.40 bits per heavy atom. The number of aliphatic hydroxyl groups excluding tert-OH is 1. The standard InChI is InChI=1S/C23H34N4O8/c1-12(2)18(26-20(31)15(24)11-14-7-5-4-6-8-14)21(32)27-19(13(3)28)22(33)25-16(23(34)35)9-10-17(29)30/h4-8,12-13,15-16,18-19,28H,9-11,24H2,1-3H3,(H,25,33)(H,26,31)(H,27,32)(H,29,30)(H,34,35). The van der Waals surface area contributed by atoms with Gasteiger partial charge in [0.15, 0.2) is 0 Å². The van der Waals surface area contributed by atoms with Crippen LogP contribution in [0, 0.1) is 5.92 Å². The topological polar surface area (TPSA) is 208 Å². The van der Waals surface area contributed by atoms with Crippen molar-refractivity contribution in [3.05, 3.63) is 35.9 Å².